The van der Waals surface area contributed by atoms with Crippen LogP contribution in [0.25, 0.3) is 0 Å². The Labute approximate surface area is 180 Å². The van der Waals surface area contributed by atoms with E-state index in [9.17, 15) is 9.59 Å². The van der Waals surface area contributed by atoms with E-state index in [0.29, 0.717) is 34.8 Å². The number of ether oxygens (including phenoxy) is 1. The maximum Gasteiger partial charge on any atom is 0.315 e. The molecule has 0 saturated carbocycles. The summed E-state index contributed by atoms with van der Waals surface area (Å²) in [5, 5.41) is 0.666. The van der Waals surface area contributed by atoms with Crippen LogP contribution in [-0.4, -0.2) is 29.1 Å². The minimum Gasteiger partial charge on any atom is -0.465 e. The number of carbonyl (C=O) groups is 2. The summed E-state index contributed by atoms with van der Waals surface area (Å²) in [5.74, 6) is -1.44. The van der Waals surface area contributed by atoms with Crippen LogP contribution < -0.4 is 0 Å². The number of Topliss-reactive ketones (excluding diaryl/α,β-unsaturated/α-hetero) is 1. The van der Waals surface area contributed by atoms with Gasteiger partial charge in [-0.1, -0.05) is 29.8 Å². The number of hydrogen-bond donors (Lipinski definition) is 0. The molecular weight excluding hydrogens is 400 g/mol. The zero-order chi connectivity index (χ0) is 21.3. The number of hydrogen-bond acceptors (Lipinski definition) is 5. The van der Waals surface area contributed by atoms with Gasteiger partial charge in [0.05, 0.1) is 12.5 Å². The van der Waals surface area contributed by atoms with Crippen molar-refractivity contribution in [2.45, 2.75) is 38.5 Å². The fraction of sp³-hybridized carbons (Fsp3) is 0.333. The van der Waals surface area contributed by atoms with Gasteiger partial charge in [-0.25, -0.2) is 0 Å². The van der Waals surface area contributed by atoms with Crippen LogP contribution in [0.1, 0.15) is 49.8 Å². The first-order valence-electron chi connectivity index (χ1n) is 10.1. The molecule has 0 N–H and O–H groups in total. The summed E-state index contributed by atoms with van der Waals surface area (Å²) in [6, 6.07) is 13.2. The van der Waals surface area contributed by atoms with Crippen LogP contribution in [-0.2, 0) is 14.3 Å². The third-order valence-corrected chi connectivity index (χ3v) is 6.03. The van der Waals surface area contributed by atoms with Gasteiger partial charge in [0.15, 0.2) is 5.78 Å². The molecule has 0 fully saturated rings. The van der Waals surface area contributed by atoms with Crippen molar-refractivity contribution in [1.82, 2.24) is 4.98 Å². The van der Waals surface area contributed by atoms with Gasteiger partial charge in [-0.2, -0.15) is 0 Å². The highest BCUT2D eigenvalue weighted by Gasteiger charge is 2.45. The first kappa shape index (κ1) is 20.5. The van der Waals surface area contributed by atoms with Crippen molar-refractivity contribution in [3.05, 3.63) is 76.2 Å². The molecule has 6 heteroatoms. The molecule has 154 valence electrons. The lowest BCUT2D eigenvalue weighted by atomic mass is 9.70. The van der Waals surface area contributed by atoms with Gasteiger partial charge in [0, 0.05) is 40.3 Å². The lowest BCUT2D eigenvalue weighted by Gasteiger charge is -2.36. The molecule has 0 radical (unpaired) electrons. The van der Waals surface area contributed by atoms with Crippen LogP contribution in [0.15, 0.2) is 64.9 Å². The average Bonchev–Trinajstić information content (AvgIpc) is 2.74. The fourth-order valence-corrected chi connectivity index (χ4v) is 4.57. The summed E-state index contributed by atoms with van der Waals surface area (Å²) < 4.78 is 5.33. The van der Waals surface area contributed by atoms with Gasteiger partial charge in [-0.15, -0.1) is 0 Å². The zero-order valence-corrected chi connectivity index (χ0v) is 17.7. The molecule has 4 rings (SSSR count). The molecule has 30 heavy (non-hydrogen) atoms. The first-order valence-corrected chi connectivity index (χ1v) is 10.5. The number of halogens is 1. The minimum absolute atomic E-state index is 0.0115. The van der Waals surface area contributed by atoms with Crippen LogP contribution >= 0.6 is 11.6 Å². The quantitative estimate of drug-likeness (QED) is 0.659. The lowest BCUT2D eigenvalue weighted by molar-refractivity contribution is -0.146. The van der Waals surface area contributed by atoms with E-state index in [0.717, 1.165) is 11.3 Å². The normalized spacial score (nSPS) is 23.6. The largest absolute Gasteiger partial charge is 0.465 e. The van der Waals surface area contributed by atoms with Crippen molar-refractivity contribution < 1.29 is 14.3 Å². The Kier molecular flexibility index (Phi) is 5.82. The maximum absolute atomic E-state index is 13.4. The molecule has 0 amide bonds. The Morgan fingerprint density at radius 3 is 2.60 bits per heavy atom. The number of carbonyl (C=O) groups excluding carboxylic acids is 2. The second-order valence-electron chi connectivity index (χ2n) is 7.66. The van der Waals surface area contributed by atoms with E-state index in [4.69, 9.17) is 21.3 Å². The number of pyridine rings is 1. The van der Waals surface area contributed by atoms with E-state index in [1.54, 1.807) is 13.1 Å². The zero-order valence-electron chi connectivity index (χ0n) is 17.0. The third kappa shape index (κ3) is 3.82. The van der Waals surface area contributed by atoms with Gasteiger partial charge in [0.25, 0.3) is 0 Å². The number of allylic oxidation sites excluding steroid dienone is 2. The van der Waals surface area contributed by atoms with Crippen molar-refractivity contribution in [3.8, 4) is 0 Å². The van der Waals surface area contributed by atoms with Crippen LogP contribution in [0.2, 0.25) is 5.02 Å². The Morgan fingerprint density at radius 2 is 1.93 bits per heavy atom. The monoisotopic (exact) mass is 422 g/mol. The van der Waals surface area contributed by atoms with Crippen molar-refractivity contribution in [1.29, 1.82) is 0 Å². The number of aliphatic imine (C=N–C) groups is 1. The summed E-state index contributed by atoms with van der Waals surface area (Å²) in [6.07, 6.45) is 2.69. The number of ketones is 1. The number of aromatic nitrogens is 1. The number of esters is 1. The molecule has 1 aromatic carbocycles. The van der Waals surface area contributed by atoms with E-state index < -0.39 is 11.8 Å². The Hall–Kier alpha value is -2.79. The van der Waals surface area contributed by atoms with Crippen LogP contribution in [0.4, 0.5) is 0 Å². The average molecular weight is 423 g/mol. The van der Waals surface area contributed by atoms with E-state index >= 15 is 0 Å². The molecule has 0 spiro atoms. The van der Waals surface area contributed by atoms with Crippen molar-refractivity contribution in [2.75, 3.05) is 6.61 Å². The van der Waals surface area contributed by atoms with E-state index in [-0.39, 0.29) is 24.3 Å². The number of nitrogens with zero attached hydrogens (tertiary/aromatic N) is 2. The van der Waals surface area contributed by atoms with Gasteiger partial charge < -0.3 is 4.74 Å². The van der Waals surface area contributed by atoms with E-state index in [1.807, 2.05) is 49.4 Å². The predicted octanol–water partition coefficient (Wildman–Crippen LogP) is 4.87. The van der Waals surface area contributed by atoms with Gasteiger partial charge in [0.2, 0.25) is 0 Å². The van der Waals surface area contributed by atoms with Gasteiger partial charge in [-0.05, 0) is 56.0 Å². The van der Waals surface area contributed by atoms with Crippen LogP contribution in [0.3, 0.4) is 0 Å². The standard InChI is InChI=1S/C24H23ClN2O3/c1-3-30-24(29)21-14(2)27-19-12-16(15-7-9-17(25)10-8-15)13-20(28)22(19)23(21)18-6-4-5-11-26-18/h4-11,16,21,23H,3,12-13H2,1-2H3/t16-,21?,23-/m1/s1. The van der Waals surface area contributed by atoms with Gasteiger partial charge in [-0.3, -0.25) is 19.6 Å². The molecule has 1 aliphatic carbocycles. The summed E-state index contributed by atoms with van der Waals surface area (Å²) in [6.45, 7) is 3.88. The molecular formula is C24H23ClN2O3. The Balaban J connectivity index is 1.78. The molecule has 2 aromatic rings. The molecule has 5 nitrogen and oxygen atoms in total. The fourth-order valence-electron chi connectivity index (χ4n) is 4.45. The number of benzene rings is 1. The van der Waals surface area contributed by atoms with Crippen LogP contribution in [0.5, 0.6) is 0 Å². The smallest absolute Gasteiger partial charge is 0.315 e. The van der Waals surface area contributed by atoms with Crippen molar-refractivity contribution >= 4 is 29.1 Å². The minimum atomic E-state index is -0.644. The highest BCUT2D eigenvalue weighted by molar-refractivity contribution is 6.30. The third-order valence-electron chi connectivity index (χ3n) is 5.78. The van der Waals surface area contributed by atoms with E-state index in [1.165, 1.54) is 0 Å². The molecule has 2 heterocycles. The SMILES string of the molecule is CCOC(=O)C1C(C)=NC2=C(C(=O)C[C@H](c3ccc(Cl)cc3)C2)[C@@H]1c1ccccn1. The summed E-state index contributed by atoms with van der Waals surface area (Å²) in [5.41, 5.74) is 3.76. The van der Waals surface area contributed by atoms with Gasteiger partial charge >= 0.3 is 5.97 Å². The first-order chi connectivity index (χ1) is 14.5. The highest BCUT2D eigenvalue weighted by atomic mass is 35.5. The van der Waals surface area contributed by atoms with Gasteiger partial charge in [0.1, 0.15) is 5.92 Å². The second-order valence-corrected chi connectivity index (χ2v) is 8.09. The molecule has 0 bridgehead atoms. The van der Waals surface area contributed by atoms with Crippen LogP contribution in [0, 0.1) is 5.92 Å². The van der Waals surface area contributed by atoms with Crippen molar-refractivity contribution in [2.24, 2.45) is 10.9 Å². The van der Waals surface area contributed by atoms with Crippen molar-refractivity contribution in [3.63, 3.8) is 0 Å². The highest BCUT2D eigenvalue weighted by Crippen LogP contribution is 2.46. The summed E-state index contributed by atoms with van der Waals surface area (Å²) in [4.78, 5) is 35.4. The molecule has 0 saturated heterocycles. The Bertz CT molecular complexity index is 1030. The number of rotatable bonds is 4. The predicted molar refractivity (Wildman–Crippen MR) is 116 cm³/mol. The Morgan fingerprint density at radius 1 is 1.17 bits per heavy atom. The molecule has 1 unspecified atom stereocenters. The second kappa shape index (κ2) is 8.52. The molecule has 2 aliphatic rings. The van der Waals surface area contributed by atoms with E-state index in [2.05, 4.69) is 4.98 Å². The molecule has 3 atom stereocenters. The summed E-state index contributed by atoms with van der Waals surface area (Å²) >= 11 is 6.02. The lowest BCUT2D eigenvalue weighted by Crippen LogP contribution is -2.38. The maximum atomic E-state index is 13.4. The summed E-state index contributed by atoms with van der Waals surface area (Å²) in [7, 11) is 0. The topological polar surface area (TPSA) is 68.6 Å². The molecule has 1 aromatic heterocycles. The molecule has 1 aliphatic heterocycles.